The minimum Gasteiger partial charge on any atom is -0.456 e. The Labute approximate surface area is 167 Å². The Morgan fingerprint density at radius 2 is 1.59 bits per heavy atom. The van der Waals surface area contributed by atoms with Crippen molar-refractivity contribution in [1.29, 1.82) is 0 Å². The predicted octanol–water partition coefficient (Wildman–Crippen LogP) is 4.25. The third-order valence-electron chi connectivity index (χ3n) is 4.16. The van der Waals surface area contributed by atoms with Crippen molar-refractivity contribution in [2.75, 3.05) is 0 Å². The number of nitro groups is 1. The molecule has 0 aliphatic heterocycles. The summed E-state index contributed by atoms with van der Waals surface area (Å²) in [6.45, 7) is 1.24. The van der Waals surface area contributed by atoms with E-state index < -0.39 is 16.7 Å². The zero-order chi connectivity index (χ0) is 20.8. The summed E-state index contributed by atoms with van der Waals surface area (Å²) in [5.41, 5.74) is 1.22. The van der Waals surface area contributed by atoms with Crippen molar-refractivity contribution in [2.45, 2.75) is 13.3 Å². The SMILES string of the molecule is CC(=O)NC(=O)c1cccc(Cc2ccccc2[N+](=O)[O-])c1Oc1ccccc1. The molecule has 0 spiro atoms. The summed E-state index contributed by atoms with van der Waals surface area (Å²) < 4.78 is 5.97. The van der Waals surface area contributed by atoms with Gasteiger partial charge >= 0.3 is 0 Å². The smallest absolute Gasteiger partial charge is 0.272 e. The lowest BCUT2D eigenvalue weighted by Gasteiger charge is -2.15. The fourth-order valence-electron chi connectivity index (χ4n) is 2.90. The van der Waals surface area contributed by atoms with Crippen molar-refractivity contribution in [2.24, 2.45) is 0 Å². The Morgan fingerprint density at radius 3 is 2.28 bits per heavy atom. The van der Waals surface area contributed by atoms with Crippen molar-refractivity contribution < 1.29 is 19.2 Å². The van der Waals surface area contributed by atoms with Gasteiger partial charge in [0.25, 0.3) is 11.6 Å². The van der Waals surface area contributed by atoms with Gasteiger partial charge in [-0.05, 0) is 18.2 Å². The molecule has 0 aliphatic carbocycles. The van der Waals surface area contributed by atoms with Crippen LogP contribution in [0.15, 0.2) is 72.8 Å². The number of imide groups is 1. The van der Waals surface area contributed by atoms with E-state index in [1.54, 1.807) is 60.7 Å². The van der Waals surface area contributed by atoms with Gasteiger partial charge in [0.15, 0.2) is 0 Å². The summed E-state index contributed by atoms with van der Waals surface area (Å²) in [6, 6.07) is 20.2. The summed E-state index contributed by atoms with van der Waals surface area (Å²) in [4.78, 5) is 34.8. The number of nitrogens with zero attached hydrogens (tertiary/aromatic N) is 1. The molecule has 0 atom stereocenters. The Kier molecular flexibility index (Phi) is 5.99. The lowest BCUT2D eigenvalue weighted by molar-refractivity contribution is -0.385. The second-order valence-electron chi connectivity index (χ2n) is 6.28. The van der Waals surface area contributed by atoms with Gasteiger partial charge in [0.2, 0.25) is 5.91 Å². The molecule has 1 N–H and O–H groups in total. The Balaban J connectivity index is 2.07. The van der Waals surface area contributed by atoms with E-state index in [1.165, 1.54) is 13.0 Å². The molecule has 3 aromatic carbocycles. The highest BCUT2D eigenvalue weighted by Gasteiger charge is 2.21. The molecule has 0 radical (unpaired) electrons. The molecule has 3 aromatic rings. The van der Waals surface area contributed by atoms with Crippen LogP contribution in [-0.2, 0) is 11.2 Å². The minimum atomic E-state index is -0.604. The van der Waals surface area contributed by atoms with Gasteiger partial charge in [0.1, 0.15) is 11.5 Å². The molecular weight excluding hydrogens is 372 g/mol. The number of amides is 2. The third kappa shape index (κ3) is 4.84. The lowest BCUT2D eigenvalue weighted by Crippen LogP contribution is -2.28. The fourth-order valence-corrected chi connectivity index (χ4v) is 2.90. The Bertz CT molecular complexity index is 1060. The van der Waals surface area contributed by atoms with Crippen LogP contribution in [0, 0.1) is 10.1 Å². The van der Waals surface area contributed by atoms with Gasteiger partial charge in [-0.25, -0.2) is 0 Å². The van der Waals surface area contributed by atoms with E-state index in [0.717, 1.165) is 0 Å². The number of nitro benzene ring substituents is 1. The summed E-state index contributed by atoms with van der Waals surface area (Å²) in [7, 11) is 0. The zero-order valence-corrected chi connectivity index (χ0v) is 15.6. The molecule has 29 heavy (non-hydrogen) atoms. The number of nitrogens with one attached hydrogen (secondary N) is 1. The molecule has 0 aliphatic rings. The molecule has 0 unspecified atom stereocenters. The Morgan fingerprint density at radius 1 is 0.931 bits per heavy atom. The second kappa shape index (κ2) is 8.79. The molecule has 0 saturated carbocycles. The van der Waals surface area contributed by atoms with Crippen molar-refractivity contribution >= 4 is 17.5 Å². The van der Waals surface area contributed by atoms with E-state index in [0.29, 0.717) is 16.9 Å². The molecule has 0 heterocycles. The van der Waals surface area contributed by atoms with Crippen molar-refractivity contribution in [1.82, 2.24) is 5.32 Å². The van der Waals surface area contributed by atoms with Gasteiger partial charge in [-0.2, -0.15) is 0 Å². The van der Waals surface area contributed by atoms with E-state index in [1.807, 2.05) is 6.07 Å². The summed E-state index contributed by atoms with van der Waals surface area (Å²) >= 11 is 0. The molecule has 0 saturated heterocycles. The molecule has 0 aromatic heterocycles. The first-order chi connectivity index (χ1) is 14.0. The molecule has 7 heteroatoms. The van der Waals surface area contributed by atoms with Crippen molar-refractivity contribution in [3.05, 3.63) is 99.6 Å². The van der Waals surface area contributed by atoms with Crippen LogP contribution in [0.2, 0.25) is 0 Å². The van der Waals surface area contributed by atoms with Crippen LogP contribution in [0.5, 0.6) is 11.5 Å². The van der Waals surface area contributed by atoms with Crippen molar-refractivity contribution in [3.8, 4) is 11.5 Å². The van der Waals surface area contributed by atoms with Crippen LogP contribution in [0.3, 0.4) is 0 Å². The Hall–Kier alpha value is -4.00. The van der Waals surface area contributed by atoms with E-state index in [-0.39, 0.29) is 23.4 Å². The number of ether oxygens (including phenoxy) is 1. The van der Waals surface area contributed by atoms with E-state index in [2.05, 4.69) is 5.32 Å². The first kappa shape index (κ1) is 19.8. The number of benzene rings is 3. The highest BCUT2D eigenvalue weighted by atomic mass is 16.6. The monoisotopic (exact) mass is 390 g/mol. The van der Waals surface area contributed by atoms with Gasteiger partial charge in [-0.1, -0.05) is 48.5 Å². The van der Waals surface area contributed by atoms with Crippen LogP contribution in [0.25, 0.3) is 0 Å². The third-order valence-corrected chi connectivity index (χ3v) is 4.16. The average molecular weight is 390 g/mol. The molecular formula is C22H18N2O5. The minimum absolute atomic E-state index is 0.0169. The van der Waals surface area contributed by atoms with Crippen LogP contribution in [0.1, 0.15) is 28.4 Å². The maximum atomic E-state index is 12.5. The van der Waals surface area contributed by atoms with E-state index in [9.17, 15) is 19.7 Å². The highest BCUT2D eigenvalue weighted by Crippen LogP contribution is 2.33. The number of carbonyl (C=O) groups is 2. The van der Waals surface area contributed by atoms with Gasteiger partial charge < -0.3 is 4.74 Å². The van der Waals surface area contributed by atoms with Crippen molar-refractivity contribution in [3.63, 3.8) is 0 Å². The van der Waals surface area contributed by atoms with Crippen LogP contribution in [-0.4, -0.2) is 16.7 Å². The summed E-state index contributed by atoms with van der Waals surface area (Å²) in [5, 5.41) is 13.6. The lowest BCUT2D eigenvalue weighted by atomic mass is 9.99. The van der Waals surface area contributed by atoms with E-state index in [4.69, 9.17) is 4.74 Å². The zero-order valence-electron chi connectivity index (χ0n) is 15.6. The topological polar surface area (TPSA) is 98.5 Å². The first-order valence-electron chi connectivity index (χ1n) is 8.84. The van der Waals surface area contributed by atoms with Gasteiger partial charge in [-0.3, -0.25) is 25.0 Å². The quantitative estimate of drug-likeness (QED) is 0.501. The number of rotatable bonds is 6. The number of hydrogen-bond donors (Lipinski definition) is 1. The van der Waals surface area contributed by atoms with Gasteiger partial charge in [-0.15, -0.1) is 0 Å². The fraction of sp³-hybridized carbons (Fsp3) is 0.0909. The number of hydrogen-bond acceptors (Lipinski definition) is 5. The van der Waals surface area contributed by atoms with Crippen LogP contribution in [0.4, 0.5) is 5.69 Å². The molecule has 0 fully saturated rings. The molecule has 146 valence electrons. The summed E-state index contributed by atoms with van der Waals surface area (Å²) in [6.07, 6.45) is 0.181. The molecule has 0 bridgehead atoms. The average Bonchev–Trinajstić information content (AvgIpc) is 2.69. The molecule has 3 rings (SSSR count). The summed E-state index contributed by atoms with van der Waals surface area (Å²) in [5.74, 6) is -0.354. The maximum Gasteiger partial charge on any atom is 0.272 e. The molecule has 7 nitrogen and oxygen atoms in total. The highest BCUT2D eigenvalue weighted by molar-refractivity contribution is 6.06. The normalized spacial score (nSPS) is 10.2. The second-order valence-corrected chi connectivity index (χ2v) is 6.28. The standard InChI is InChI=1S/C22H18N2O5/c1-15(25)23-22(26)19-12-7-9-17(21(19)29-18-10-3-2-4-11-18)14-16-8-5-6-13-20(16)24(27)28/h2-13H,14H2,1H3,(H,23,25,26). The first-order valence-corrected chi connectivity index (χ1v) is 8.84. The van der Waals surface area contributed by atoms with Crippen LogP contribution >= 0.6 is 0 Å². The van der Waals surface area contributed by atoms with Gasteiger partial charge in [0, 0.05) is 30.5 Å². The maximum absolute atomic E-state index is 12.5. The largest absolute Gasteiger partial charge is 0.456 e. The van der Waals surface area contributed by atoms with E-state index >= 15 is 0 Å². The van der Waals surface area contributed by atoms with Crippen LogP contribution < -0.4 is 10.1 Å². The number of para-hydroxylation sites is 3. The number of carbonyl (C=O) groups excluding carboxylic acids is 2. The molecule has 2 amide bonds. The predicted molar refractivity (Wildman–Crippen MR) is 107 cm³/mol. The van der Waals surface area contributed by atoms with Gasteiger partial charge in [0.05, 0.1) is 10.5 Å².